The molecule has 0 bridgehead atoms. The highest BCUT2D eigenvalue weighted by Gasteiger charge is 2.55. The van der Waals surface area contributed by atoms with E-state index in [2.05, 4.69) is 69.2 Å². The minimum absolute atomic E-state index is 0.171. The first-order valence-corrected chi connectivity index (χ1v) is 16.8. The molecule has 2 atom stereocenters. The van der Waals surface area contributed by atoms with Gasteiger partial charge >= 0.3 is 14.2 Å². The van der Waals surface area contributed by atoms with E-state index in [0.29, 0.717) is 12.4 Å². The lowest BCUT2D eigenvalue weighted by Gasteiger charge is -2.32. The summed E-state index contributed by atoms with van der Waals surface area (Å²) >= 11 is 0. The zero-order valence-corrected chi connectivity index (χ0v) is 28.6. The van der Waals surface area contributed by atoms with Gasteiger partial charge in [0, 0.05) is 0 Å². The minimum atomic E-state index is -0.423. The topological polar surface area (TPSA) is 55.4 Å². The molecule has 0 amide bonds. The average Bonchev–Trinajstić information content (AvgIpc) is 3.27. The van der Waals surface area contributed by atoms with E-state index in [1.165, 1.54) is 38.5 Å². The van der Waals surface area contributed by atoms with Crippen molar-refractivity contribution in [2.75, 3.05) is 6.61 Å². The van der Waals surface area contributed by atoms with Gasteiger partial charge in [0.05, 0.1) is 29.0 Å². The van der Waals surface area contributed by atoms with Crippen molar-refractivity contribution < 1.29 is 28.1 Å². The summed E-state index contributed by atoms with van der Waals surface area (Å²) in [5.74, 6) is 1.87. The van der Waals surface area contributed by atoms with Gasteiger partial charge in [0.15, 0.2) is 11.5 Å². The Morgan fingerprint density at radius 1 is 0.595 bits per heavy atom. The van der Waals surface area contributed by atoms with Crippen molar-refractivity contribution in [2.45, 2.75) is 174 Å². The Balaban J connectivity index is 1.62. The molecule has 0 saturated carbocycles. The van der Waals surface area contributed by atoms with E-state index >= 15 is 0 Å². The van der Waals surface area contributed by atoms with Gasteiger partial charge in [-0.3, -0.25) is 0 Å². The average molecular weight is 586 g/mol. The highest BCUT2D eigenvalue weighted by Crippen LogP contribution is 2.43. The summed E-state index contributed by atoms with van der Waals surface area (Å²) in [7, 11) is -0.594. The van der Waals surface area contributed by atoms with Crippen molar-refractivity contribution in [2.24, 2.45) is 0 Å². The molecule has 2 saturated heterocycles. The van der Waals surface area contributed by atoms with Gasteiger partial charge in [-0.05, 0) is 92.6 Å². The minimum Gasteiger partial charge on any atom is -0.490 e. The molecule has 0 radical (unpaired) electrons. The van der Waals surface area contributed by atoms with Crippen LogP contribution in [-0.2, 0) is 18.6 Å². The van der Waals surface area contributed by atoms with E-state index in [1.807, 2.05) is 24.3 Å². The van der Waals surface area contributed by atoms with Gasteiger partial charge in [0.2, 0.25) is 0 Å². The van der Waals surface area contributed by atoms with Crippen molar-refractivity contribution in [3.63, 3.8) is 0 Å². The van der Waals surface area contributed by atoms with E-state index in [-0.39, 0.29) is 24.3 Å². The normalized spacial score (nSPS) is 21.9. The molecule has 0 aromatic heterocycles. The fourth-order valence-corrected chi connectivity index (χ4v) is 5.56. The van der Waals surface area contributed by atoms with Crippen LogP contribution in [-0.4, -0.2) is 49.3 Å². The Morgan fingerprint density at radius 2 is 1.10 bits per heavy atom. The summed E-state index contributed by atoms with van der Waals surface area (Å²) in [6, 6.07) is 7.80. The van der Waals surface area contributed by atoms with Gasteiger partial charge in [-0.15, -0.1) is 0 Å². The highest BCUT2D eigenvalue weighted by atomic mass is 16.7. The lowest BCUT2D eigenvalue weighted by atomic mass is 9.67. The monoisotopic (exact) mass is 586 g/mol. The van der Waals surface area contributed by atoms with Crippen LogP contribution in [0.4, 0.5) is 0 Å². The van der Waals surface area contributed by atoms with Crippen molar-refractivity contribution >= 4 is 14.2 Å². The van der Waals surface area contributed by atoms with Gasteiger partial charge in [0.1, 0.15) is 6.00 Å². The first kappa shape index (κ1) is 35.3. The molecule has 2 heterocycles. The molecule has 8 heteroatoms. The molecular formula is C34H60B2O6. The quantitative estimate of drug-likeness (QED) is 0.126. The fourth-order valence-electron chi connectivity index (χ4n) is 5.56. The van der Waals surface area contributed by atoms with Crippen LogP contribution in [0.1, 0.15) is 140 Å². The second-order valence-corrected chi connectivity index (χ2v) is 14.4. The molecule has 2 aliphatic rings. The fraction of sp³-hybridized carbons (Fsp3) is 0.824. The number of hydrogen-bond acceptors (Lipinski definition) is 6. The molecule has 2 fully saturated rings. The number of benzene rings is 1. The lowest BCUT2D eigenvalue weighted by Crippen LogP contribution is -2.41. The lowest BCUT2D eigenvalue weighted by molar-refractivity contribution is 0.00578. The predicted molar refractivity (Wildman–Crippen MR) is 174 cm³/mol. The van der Waals surface area contributed by atoms with Crippen molar-refractivity contribution in [3.8, 4) is 11.5 Å². The van der Waals surface area contributed by atoms with E-state index in [1.54, 1.807) is 0 Å². The number of hydrogen-bond donors (Lipinski definition) is 0. The predicted octanol–water partition coefficient (Wildman–Crippen LogP) is 9.24. The van der Waals surface area contributed by atoms with Gasteiger partial charge < -0.3 is 28.1 Å². The second-order valence-electron chi connectivity index (χ2n) is 14.4. The van der Waals surface area contributed by atoms with Crippen LogP contribution in [0, 0.1) is 0 Å². The van der Waals surface area contributed by atoms with Crippen LogP contribution in [0.25, 0.3) is 0 Å². The molecular weight excluding hydrogens is 526 g/mol. The summed E-state index contributed by atoms with van der Waals surface area (Å²) in [5.41, 5.74) is -1.41. The number of unbranched alkanes of at least 4 members (excludes halogenated alkanes) is 5. The van der Waals surface area contributed by atoms with Gasteiger partial charge in [0.25, 0.3) is 0 Å². The van der Waals surface area contributed by atoms with E-state index in [9.17, 15) is 0 Å². The van der Waals surface area contributed by atoms with E-state index in [0.717, 1.165) is 43.6 Å². The molecule has 0 aliphatic carbocycles. The van der Waals surface area contributed by atoms with Crippen LogP contribution in [0.15, 0.2) is 24.3 Å². The molecule has 0 N–H and O–H groups in total. The Bertz CT molecular complexity index is 918. The molecule has 2 aliphatic heterocycles. The summed E-state index contributed by atoms with van der Waals surface area (Å²) < 4.78 is 38.7. The van der Waals surface area contributed by atoms with Crippen molar-refractivity contribution in [3.05, 3.63) is 24.3 Å². The second kappa shape index (κ2) is 15.2. The van der Waals surface area contributed by atoms with Crippen LogP contribution >= 0.6 is 0 Å². The molecule has 3 rings (SSSR count). The Morgan fingerprint density at radius 3 is 1.67 bits per heavy atom. The third-order valence-corrected chi connectivity index (χ3v) is 9.86. The number of para-hydroxylation sites is 2. The maximum atomic E-state index is 6.67. The molecule has 1 aromatic rings. The molecule has 1 aromatic carbocycles. The van der Waals surface area contributed by atoms with Gasteiger partial charge in [-0.1, -0.05) is 77.3 Å². The molecule has 42 heavy (non-hydrogen) atoms. The van der Waals surface area contributed by atoms with E-state index < -0.39 is 18.3 Å². The van der Waals surface area contributed by atoms with Crippen molar-refractivity contribution in [1.29, 1.82) is 0 Å². The standard InChI is InChI=1S/C34H60B2O6/c1-11-13-15-16-17-25-30(36-41-33(7,8)34(9,10)42-36)38-29-24-19-18-23-28(29)37-26-20-22-27(21-14-12-2)35-39-31(3,4)32(5,6)40-35/h18-19,23-24,27,30H,11-17,20-22,25-26H2,1-10H3. The number of rotatable bonds is 18. The molecule has 0 spiro atoms. The maximum Gasteiger partial charge on any atom is 0.501 e. The highest BCUT2D eigenvalue weighted by molar-refractivity contribution is 6.47. The molecule has 2 unspecified atom stereocenters. The largest absolute Gasteiger partial charge is 0.501 e. The summed E-state index contributed by atoms with van der Waals surface area (Å²) in [6.07, 6.45) is 12.2. The third-order valence-electron chi connectivity index (χ3n) is 9.86. The van der Waals surface area contributed by atoms with E-state index in [4.69, 9.17) is 28.1 Å². The molecule has 6 nitrogen and oxygen atoms in total. The zero-order chi connectivity index (χ0) is 31.0. The Hall–Kier alpha value is -1.21. The first-order valence-electron chi connectivity index (χ1n) is 16.8. The number of ether oxygens (including phenoxy) is 2. The Labute approximate surface area is 258 Å². The van der Waals surface area contributed by atoms with Crippen molar-refractivity contribution in [1.82, 2.24) is 0 Å². The zero-order valence-electron chi connectivity index (χ0n) is 28.6. The summed E-state index contributed by atoms with van der Waals surface area (Å²) in [6.45, 7) is 22.0. The first-order chi connectivity index (χ1) is 19.7. The summed E-state index contributed by atoms with van der Waals surface area (Å²) in [4.78, 5) is 0. The van der Waals surface area contributed by atoms with Gasteiger partial charge in [-0.25, -0.2) is 0 Å². The smallest absolute Gasteiger partial charge is 0.490 e. The Kier molecular flexibility index (Phi) is 12.8. The molecule has 238 valence electrons. The van der Waals surface area contributed by atoms with Crippen LogP contribution in [0.5, 0.6) is 11.5 Å². The maximum absolute atomic E-state index is 6.67. The summed E-state index contributed by atoms with van der Waals surface area (Å²) in [5, 5.41) is 0. The van der Waals surface area contributed by atoms with Crippen LogP contribution in [0.2, 0.25) is 5.82 Å². The van der Waals surface area contributed by atoms with Gasteiger partial charge in [-0.2, -0.15) is 0 Å². The third kappa shape index (κ3) is 9.15. The SMILES string of the molecule is CCCCCCCC(Oc1ccccc1OCCCC(CCCC)B1OC(C)(C)C(C)(C)O1)B1OC(C)(C)C(C)(C)O1. The van der Waals surface area contributed by atoms with Crippen LogP contribution < -0.4 is 9.47 Å². The van der Waals surface area contributed by atoms with Crippen LogP contribution in [0.3, 0.4) is 0 Å².